The summed E-state index contributed by atoms with van der Waals surface area (Å²) >= 11 is 0. The van der Waals surface area contributed by atoms with E-state index in [-0.39, 0.29) is 0 Å². The van der Waals surface area contributed by atoms with Gasteiger partial charge in [-0.1, -0.05) is 32.4 Å². The van der Waals surface area contributed by atoms with Gasteiger partial charge >= 0.3 is 0 Å². The number of rotatable bonds is 3. The molecular formula is C11H21N. The van der Waals surface area contributed by atoms with Crippen molar-refractivity contribution in [3.8, 4) is 0 Å². The summed E-state index contributed by atoms with van der Waals surface area (Å²) in [5, 5.41) is 3.37. The van der Waals surface area contributed by atoms with Crippen LogP contribution in [0.4, 0.5) is 0 Å². The lowest BCUT2D eigenvalue weighted by atomic mass is 9.75. The maximum atomic E-state index is 3.37. The molecule has 2 atom stereocenters. The van der Waals surface area contributed by atoms with Crippen molar-refractivity contribution >= 4 is 0 Å². The van der Waals surface area contributed by atoms with E-state index in [0.29, 0.717) is 11.5 Å². The summed E-state index contributed by atoms with van der Waals surface area (Å²) in [5.41, 5.74) is 0.459. The standard InChI is InChI=1S/C11H21N/c1-4-7-11(2)8-5-6-10(9-11)12-3/h5,8,10,12H,4,6-7,9H2,1-3H3/t10-,11+/m0/s1. The maximum Gasteiger partial charge on any atom is 0.0107 e. The van der Waals surface area contributed by atoms with Crippen LogP contribution in [0.15, 0.2) is 12.2 Å². The lowest BCUT2D eigenvalue weighted by Gasteiger charge is -2.33. The largest absolute Gasteiger partial charge is 0.317 e. The van der Waals surface area contributed by atoms with Crippen molar-refractivity contribution in [3.05, 3.63) is 12.2 Å². The molecule has 0 unspecified atom stereocenters. The van der Waals surface area contributed by atoms with Gasteiger partial charge in [-0.25, -0.2) is 0 Å². The Bertz CT molecular complexity index is 162. The van der Waals surface area contributed by atoms with Crippen LogP contribution in [0.5, 0.6) is 0 Å². The lowest BCUT2D eigenvalue weighted by molar-refractivity contribution is 0.290. The van der Waals surface area contributed by atoms with Crippen LogP contribution in [0.25, 0.3) is 0 Å². The summed E-state index contributed by atoms with van der Waals surface area (Å²) in [4.78, 5) is 0. The Labute approximate surface area is 76.2 Å². The van der Waals surface area contributed by atoms with E-state index in [1.807, 2.05) is 0 Å². The summed E-state index contributed by atoms with van der Waals surface area (Å²) in [6.07, 6.45) is 9.85. The molecule has 0 heterocycles. The average Bonchev–Trinajstić information content (AvgIpc) is 2.04. The van der Waals surface area contributed by atoms with Crippen LogP contribution in [-0.4, -0.2) is 13.1 Å². The molecule has 1 heteroatoms. The van der Waals surface area contributed by atoms with Gasteiger partial charge in [0.15, 0.2) is 0 Å². The molecule has 12 heavy (non-hydrogen) atoms. The molecule has 0 aromatic carbocycles. The molecule has 0 saturated carbocycles. The normalized spacial score (nSPS) is 35.4. The number of nitrogens with one attached hydrogen (secondary N) is 1. The van der Waals surface area contributed by atoms with Crippen molar-refractivity contribution in [2.45, 2.75) is 45.6 Å². The van der Waals surface area contributed by atoms with Gasteiger partial charge < -0.3 is 5.32 Å². The Morgan fingerprint density at radius 3 is 2.92 bits per heavy atom. The minimum absolute atomic E-state index is 0.459. The van der Waals surface area contributed by atoms with Gasteiger partial charge in [-0.05, 0) is 31.7 Å². The van der Waals surface area contributed by atoms with Gasteiger partial charge in [0.25, 0.3) is 0 Å². The molecule has 0 radical (unpaired) electrons. The van der Waals surface area contributed by atoms with Gasteiger partial charge in [-0.3, -0.25) is 0 Å². The Hall–Kier alpha value is -0.300. The molecule has 0 aromatic heterocycles. The fraction of sp³-hybridized carbons (Fsp3) is 0.818. The SMILES string of the molecule is CCC[C@]1(C)C=CC[C@H](NC)C1. The van der Waals surface area contributed by atoms with E-state index in [4.69, 9.17) is 0 Å². The second-order valence-corrected chi connectivity index (χ2v) is 4.23. The topological polar surface area (TPSA) is 12.0 Å². The molecule has 0 spiro atoms. The Morgan fingerprint density at radius 1 is 1.58 bits per heavy atom. The fourth-order valence-corrected chi connectivity index (χ4v) is 2.21. The van der Waals surface area contributed by atoms with Crippen LogP contribution in [0.3, 0.4) is 0 Å². The van der Waals surface area contributed by atoms with Gasteiger partial charge in [-0.15, -0.1) is 0 Å². The highest BCUT2D eigenvalue weighted by atomic mass is 14.9. The summed E-state index contributed by atoms with van der Waals surface area (Å²) in [6, 6.07) is 0.701. The summed E-state index contributed by atoms with van der Waals surface area (Å²) in [5.74, 6) is 0. The first-order valence-corrected chi connectivity index (χ1v) is 5.05. The molecule has 1 N–H and O–H groups in total. The molecule has 1 aliphatic rings. The molecule has 0 fully saturated rings. The first kappa shape index (κ1) is 9.79. The van der Waals surface area contributed by atoms with Crippen LogP contribution in [-0.2, 0) is 0 Å². The molecule has 1 rings (SSSR count). The van der Waals surface area contributed by atoms with Gasteiger partial charge in [0.1, 0.15) is 0 Å². The molecule has 0 amide bonds. The van der Waals surface area contributed by atoms with Crippen molar-refractivity contribution in [1.29, 1.82) is 0 Å². The second-order valence-electron chi connectivity index (χ2n) is 4.23. The molecule has 70 valence electrons. The summed E-state index contributed by atoms with van der Waals surface area (Å²) < 4.78 is 0. The van der Waals surface area contributed by atoms with Crippen LogP contribution in [0.2, 0.25) is 0 Å². The van der Waals surface area contributed by atoms with Crippen molar-refractivity contribution in [3.63, 3.8) is 0 Å². The molecule has 1 aliphatic carbocycles. The predicted molar refractivity (Wildman–Crippen MR) is 54.2 cm³/mol. The smallest absolute Gasteiger partial charge is 0.0107 e. The Kier molecular flexibility index (Phi) is 3.33. The van der Waals surface area contributed by atoms with Crippen LogP contribution in [0, 0.1) is 5.41 Å². The number of allylic oxidation sites excluding steroid dienone is 1. The van der Waals surface area contributed by atoms with Crippen LogP contribution >= 0.6 is 0 Å². The zero-order valence-corrected chi connectivity index (χ0v) is 8.56. The third kappa shape index (κ3) is 2.34. The fourth-order valence-electron chi connectivity index (χ4n) is 2.21. The third-order valence-electron chi connectivity index (χ3n) is 2.88. The summed E-state index contributed by atoms with van der Waals surface area (Å²) in [6.45, 7) is 4.64. The third-order valence-corrected chi connectivity index (χ3v) is 2.88. The van der Waals surface area contributed by atoms with E-state index in [1.165, 1.54) is 25.7 Å². The number of hydrogen-bond acceptors (Lipinski definition) is 1. The maximum absolute atomic E-state index is 3.37. The van der Waals surface area contributed by atoms with E-state index in [2.05, 4.69) is 38.4 Å². The van der Waals surface area contributed by atoms with E-state index < -0.39 is 0 Å². The lowest BCUT2D eigenvalue weighted by Crippen LogP contribution is -2.33. The highest BCUT2D eigenvalue weighted by Crippen LogP contribution is 2.34. The highest BCUT2D eigenvalue weighted by molar-refractivity contribution is 5.05. The minimum atomic E-state index is 0.459. The predicted octanol–water partition coefficient (Wildman–Crippen LogP) is 2.73. The zero-order valence-electron chi connectivity index (χ0n) is 8.56. The van der Waals surface area contributed by atoms with Gasteiger partial charge in [0.2, 0.25) is 0 Å². The van der Waals surface area contributed by atoms with Crippen molar-refractivity contribution in [1.82, 2.24) is 5.32 Å². The van der Waals surface area contributed by atoms with E-state index in [1.54, 1.807) is 0 Å². The second kappa shape index (κ2) is 4.08. The molecule has 0 aromatic rings. The molecule has 1 nitrogen and oxygen atoms in total. The quantitative estimate of drug-likeness (QED) is 0.637. The van der Waals surface area contributed by atoms with Gasteiger partial charge in [0.05, 0.1) is 0 Å². The Balaban J connectivity index is 2.54. The van der Waals surface area contributed by atoms with E-state index in [0.717, 1.165) is 0 Å². The highest BCUT2D eigenvalue weighted by Gasteiger charge is 2.26. The minimum Gasteiger partial charge on any atom is -0.317 e. The number of hydrogen-bond donors (Lipinski definition) is 1. The Morgan fingerprint density at radius 2 is 2.33 bits per heavy atom. The van der Waals surface area contributed by atoms with Crippen molar-refractivity contribution < 1.29 is 0 Å². The van der Waals surface area contributed by atoms with Crippen LogP contribution < -0.4 is 5.32 Å². The molecule has 0 saturated heterocycles. The first-order valence-electron chi connectivity index (χ1n) is 5.05. The van der Waals surface area contributed by atoms with E-state index in [9.17, 15) is 0 Å². The average molecular weight is 167 g/mol. The van der Waals surface area contributed by atoms with Gasteiger partial charge in [-0.2, -0.15) is 0 Å². The first-order chi connectivity index (χ1) is 5.70. The van der Waals surface area contributed by atoms with Crippen molar-refractivity contribution in [2.75, 3.05) is 7.05 Å². The summed E-state index contributed by atoms with van der Waals surface area (Å²) in [7, 11) is 2.07. The zero-order chi connectivity index (χ0) is 9.03. The molecular weight excluding hydrogens is 146 g/mol. The van der Waals surface area contributed by atoms with E-state index >= 15 is 0 Å². The van der Waals surface area contributed by atoms with Crippen molar-refractivity contribution in [2.24, 2.45) is 5.41 Å². The molecule has 0 bridgehead atoms. The van der Waals surface area contributed by atoms with Crippen LogP contribution in [0.1, 0.15) is 39.5 Å². The van der Waals surface area contributed by atoms with Gasteiger partial charge in [0, 0.05) is 6.04 Å². The monoisotopic (exact) mass is 167 g/mol. The molecule has 0 aliphatic heterocycles.